The van der Waals surface area contributed by atoms with E-state index < -0.39 is 17.0 Å². The smallest absolute Gasteiger partial charge is 0.410 e. The van der Waals surface area contributed by atoms with Gasteiger partial charge in [0, 0.05) is 59.9 Å². The van der Waals surface area contributed by atoms with Gasteiger partial charge in [-0.1, -0.05) is 109 Å². The van der Waals surface area contributed by atoms with E-state index in [1.165, 1.54) is 0 Å². The van der Waals surface area contributed by atoms with Crippen molar-refractivity contribution >= 4 is 33.7 Å². The minimum atomic E-state index is -0.959. The first-order valence-electron chi connectivity index (χ1n) is 25.2. The number of carbonyl (C=O) groups is 1. The van der Waals surface area contributed by atoms with Crippen LogP contribution < -0.4 is 14.4 Å². The Hall–Kier alpha value is -7.75. The number of rotatable bonds is 14. The maximum absolute atomic E-state index is 17.2. The minimum Gasteiger partial charge on any atom is -0.486 e. The highest BCUT2D eigenvalue weighted by molar-refractivity contribution is 6.06. The van der Waals surface area contributed by atoms with Crippen molar-refractivity contribution in [3.05, 3.63) is 178 Å². The zero-order chi connectivity index (χ0) is 50.6. The number of ether oxygens (including phenoxy) is 4. The molecule has 0 spiro atoms. The van der Waals surface area contributed by atoms with Crippen molar-refractivity contribution in [2.24, 2.45) is 0 Å². The first kappa shape index (κ1) is 47.6. The quantitative estimate of drug-likeness (QED) is 0.0778. The first-order chi connectivity index (χ1) is 35.3. The summed E-state index contributed by atoms with van der Waals surface area (Å²) < 4.78 is 44.3. The van der Waals surface area contributed by atoms with Crippen molar-refractivity contribution in [3.8, 4) is 35.2 Å². The van der Waals surface area contributed by atoms with Crippen LogP contribution in [0.25, 0.3) is 32.9 Å². The number of carbonyl (C=O) groups excluding carboxylic acids is 1. The maximum atomic E-state index is 17.2. The van der Waals surface area contributed by atoms with Gasteiger partial charge in [0.05, 0.1) is 23.7 Å². The van der Waals surface area contributed by atoms with Crippen molar-refractivity contribution in [2.75, 3.05) is 31.7 Å². The van der Waals surface area contributed by atoms with Crippen LogP contribution in [0, 0.1) is 25.1 Å². The van der Waals surface area contributed by atoms with Crippen molar-refractivity contribution < 1.29 is 28.1 Å². The molecule has 2 bridgehead atoms. The fourth-order valence-electron chi connectivity index (χ4n) is 10.9. The van der Waals surface area contributed by atoms with Crippen LogP contribution >= 0.6 is 0 Å². The highest BCUT2D eigenvalue weighted by Crippen LogP contribution is 2.54. The molecule has 8 aromatic rings. The van der Waals surface area contributed by atoms with Gasteiger partial charge >= 0.3 is 12.1 Å². The number of anilines is 1. The summed E-state index contributed by atoms with van der Waals surface area (Å²) in [6, 6.07) is 42.6. The Morgan fingerprint density at radius 1 is 0.822 bits per heavy atom. The van der Waals surface area contributed by atoms with E-state index in [1.54, 1.807) is 13.2 Å². The molecule has 1 amide bonds. The van der Waals surface area contributed by atoms with Gasteiger partial charge in [-0.15, -0.1) is 6.42 Å². The molecule has 0 N–H and O–H groups in total. The molecule has 3 fully saturated rings. The van der Waals surface area contributed by atoms with Gasteiger partial charge in [0.2, 0.25) is 0 Å². The SMILES string of the molecule is C#Cc1ccc(COc2c(-c3c(C)c(F)cc4nn(C(c5ccccc5)(c5ccccc5)c5ccccc5)cc34)c(C3CC3)cc3c(N4C[C@H]5C[C@@H]4CN5C(=O)OC(C)(C)C)nc(OC[C@H](C)OC)nc23)cc1. The molecule has 3 aliphatic rings. The first-order valence-corrected chi connectivity index (χ1v) is 25.2. The molecule has 6 aromatic carbocycles. The lowest BCUT2D eigenvalue weighted by Crippen LogP contribution is -2.50. The minimum absolute atomic E-state index is 0.0421. The summed E-state index contributed by atoms with van der Waals surface area (Å²) in [5.74, 6) is 3.64. The topological polar surface area (TPSA) is 104 Å². The number of aromatic nitrogens is 4. The van der Waals surface area contributed by atoms with Crippen LogP contribution in [0.2, 0.25) is 0 Å². The van der Waals surface area contributed by atoms with E-state index in [-0.39, 0.29) is 49.4 Å². The second-order valence-corrected chi connectivity index (χ2v) is 20.7. The number of amides is 1. The van der Waals surface area contributed by atoms with Gasteiger partial charge in [-0.05, 0) is 111 Å². The predicted molar refractivity (Wildman–Crippen MR) is 283 cm³/mol. The molecule has 1 aliphatic carbocycles. The van der Waals surface area contributed by atoms with E-state index in [9.17, 15) is 4.79 Å². The summed E-state index contributed by atoms with van der Waals surface area (Å²) >= 11 is 0. The number of likely N-dealkylation sites (tertiary alicyclic amines) is 1. The van der Waals surface area contributed by atoms with Crippen LogP contribution in [0.1, 0.15) is 91.8 Å². The predicted octanol–water partition coefficient (Wildman–Crippen LogP) is 12.0. The molecular weight excluding hydrogens is 916 g/mol. The standard InChI is InChI=1S/C61H59FN6O5/c1-8-40-24-26-41(27-25-40)37-71-56-54(53-39(3)51(62)32-52-50(53)35-68(65-52)61(43-18-12-9-13-19-43,44-20-14-10-15-21-44)45-22-16-11-17-23-45)48(42-28-29-42)31-49-55(56)63-58(72-36-38(2)70-7)64-57(49)66-33-47-30-46(66)34-67(47)59(69)73-60(4,5)6/h1,9-27,31-32,35,38,42,46-47H,28-30,33-34,36-37H2,2-7H3/t38-,46+,47+/m0/s1. The number of benzene rings is 6. The average molecular weight is 975 g/mol. The molecule has 4 heterocycles. The number of piperazine rings is 1. The summed E-state index contributed by atoms with van der Waals surface area (Å²) in [6.07, 6.45) is 9.93. The molecule has 2 saturated heterocycles. The molecule has 3 atom stereocenters. The molecule has 2 aliphatic heterocycles. The van der Waals surface area contributed by atoms with E-state index in [0.717, 1.165) is 69.0 Å². The van der Waals surface area contributed by atoms with E-state index in [1.807, 2.05) is 123 Å². The monoisotopic (exact) mass is 974 g/mol. The molecular formula is C61H59FN6O5. The van der Waals surface area contributed by atoms with Crippen molar-refractivity contribution in [1.82, 2.24) is 24.6 Å². The molecule has 2 aromatic heterocycles. The zero-order valence-electron chi connectivity index (χ0n) is 42.1. The van der Waals surface area contributed by atoms with Gasteiger partial charge < -0.3 is 28.7 Å². The molecule has 1 saturated carbocycles. The fourth-order valence-corrected chi connectivity index (χ4v) is 10.9. The number of hydrogen-bond acceptors (Lipinski definition) is 9. The van der Waals surface area contributed by atoms with Crippen LogP contribution in [-0.2, 0) is 21.6 Å². The van der Waals surface area contributed by atoms with E-state index >= 15 is 4.39 Å². The molecule has 0 unspecified atom stereocenters. The number of nitrogens with zero attached hydrogens (tertiary/aromatic N) is 6. The fraction of sp³-hybridized carbons (Fsp3) is 0.311. The van der Waals surface area contributed by atoms with Gasteiger partial charge in [0.25, 0.3) is 0 Å². The van der Waals surface area contributed by atoms with Crippen LogP contribution in [0.3, 0.4) is 0 Å². The summed E-state index contributed by atoms with van der Waals surface area (Å²) in [7, 11) is 1.64. The third-order valence-electron chi connectivity index (χ3n) is 14.6. The van der Waals surface area contributed by atoms with Gasteiger partial charge in [-0.2, -0.15) is 15.1 Å². The van der Waals surface area contributed by atoms with Gasteiger partial charge in [-0.25, -0.2) is 9.18 Å². The molecule has 0 radical (unpaired) electrons. The number of halogens is 1. The lowest BCUT2D eigenvalue weighted by Gasteiger charge is -2.36. The molecule has 12 heteroatoms. The largest absolute Gasteiger partial charge is 0.486 e. The van der Waals surface area contributed by atoms with E-state index in [0.29, 0.717) is 46.8 Å². The van der Waals surface area contributed by atoms with E-state index in [2.05, 4.69) is 59.5 Å². The molecule has 11 nitrogen and oxygen atoms in total. The third kappa shape index (κ3) is 8.80. The zero-order valence-corrected chi connectivity index (χ0v) is 42.1. The van der Waals surface area contributed by atoms with Crippen LogP contribution in [0.5, 0.6) is 11.8 Å². The summed E-state index contributed by atoms with van der Waals surface area (Å²) in [5.41, 5.74) is 6.96. The van der Waals surface area contributed by atoms with Crippen LogP contribution in [-0.4, -0.2) is 81.3 Å². The van der Waals surface area contributed by atoms with Crippen molar-refractivity contribution in [1.29, 1.82) is 0 Å². The molecule has 73 heavy (non-hydrogen) atoms. The Labute approximate surface area is 425 Å². The molecule has 11 rings (SSSR count). The maximum Gasteiger partial charge on any atom is 0.410 e. The Kier molecular flexibility index (Phi) is 12.4. The summed E-state index contributed by atoms with van der Waals surface area (Å²) in [5, 5.41) is 6.94. The van der Waals surface area contributed by atoms with Crippen LogP contribution in [0.15, 0.2) is 134 Å². The van der Waals surface area contributed by atoms with Gasteiger partial charge in [0.1, 0.15) is 41.5 Å². The van der Waals surface area contributed by atoms with E-state index in [4.69, 9.17) is 40.4 Å². The highest BCUT2D eigenvalue weighted by Gasteiger charge is 2.48. The van der Waals surface area contributed by atoms with Crippen molar-refractivity contribution in [3.63, 3.8) is 0 Å². The lowest BCUT2D eigenvalue weighted by molar-refractivity contribution is 0.0214. The average Bonchev–Trinajstić information content (AvgIpc) is 3.84. The number of methoxy groups -OCH3 is 1. The number of fused-ring (bicyclic) bond motifs is 4. The highest BCUT2D eigenvalue weighted by atomic mass is 19.1. The van der Waals surface area contributed by atoms with Crippen LogP contribution in [0.4, 0.5) is 15.0 Å². The second kappa shape index (κ2) is 19.0. The second-order valence-electron chi connectivity index (χ2n) is 20.7. The summed E-state index contributed by atoms with van der Waals surface area (Å²) in [6.45, 7) is 10.8. The Morgan fingerprint density at radius 2 is 1.47 bits per heavy atom. The lowest BCUT2D eigenvalue weighted by atomic mass is 9.77. The Bertz CT molecular complexity index is 3290. The number of terminal acetylenes is 1. The normalized spacial score (nSPS) is 17.0. The van der Waals surface area contributed by atoms with Gasteiger partial charge in [0.15, 0.2) is 5.75 Å². The number of hydrogen-bond donors (Lipinski definition) is 0. The van der Waals surface area contributed by atoms with Gasteiger partial charge in [-0.3, -0.25) is 4.68 Å². The molecule has 370 valence electrons. The Morgan fingerprint density at radius 3 is 2.03 bits per heavy atom. The van der Waals surface area contributed by atoms with Crippen molar-refractivity contribution in [2.45, 2.75) is 95.7 Å². The Balaban J connectivity index is 1.17. The third-order valence-corrected chi connectivity index (χ3v) is 14.6. The summed E-state index contributed by atoms with van der Waals surface area (Å²) in [4.78, 5) is 28.1.